The van der Waals surface area contributed by atoms with Crippen molar-refractivity contribution in [3.63, 3.8) is 0 Å². The molecule has 2 aromatic heterocycles. The van der Waals surface area contributed by atoms with E-state index >= 15 is 0 Å². The fourth-order valence-corrected chi connectivity index (χ4v) is 3.63. The fourth-order valence-electron chi connectivity index (χ4n) is 3.63. The summed E-state index contributed by atoms with van der Waals surface area (Å²) >= 11 is 0. The smallest absolute Gasteiger partial charge is 0.225 e. The number of benzene rings is 1. The standard InChI is InChI=1S/C22H20FN5O/c23-16-2-1-3-17(12-16)25-21-18-13-28(22(29)15-4-5-15)11-8-19(18)26-20(27-21)14-6-9-24-10-7-14/h1-3,6-7,9-10,12,15H,4-5,8,11,13H2,(H,25,26,27). The molecule has 0 atom stereocenters. The fraction of sp³-hybridized carbons (Fsp3) is 0.273. The van der Waals surface area contributed by atoms with Gasteiger partial charge >= 0.3 is 0 Å². The second-order valence-electron chi connectivity index (χ2n) is 7.48. The van der Waals surface area contributed by atoms with Gasteiger partial charge in [-0.05, 0) is 43.2 Å². The Morgan fingerprint density at radius 1 is 1.14 bits per heavy atom. The highest BCUT2D eigenvalue weighted by Crippen LogP contribution is 2.34. The molecule has 0 saturated heterocycles. The number of nitrogens with one attached hydrogen (secondary N) is 1. The number of hydrogen-bond acceptors (Lipinski definition) is 5. The van der Waals surface area contributed by atoms with Gasteiger partial charge in [0.05, 0.1) is 12.2 Å². The third kappa shape index (κ3) is 3.68. The van der Waals surface area contributed by atoms with Crippen LogP contribution in [0.3, 0.4) is 0 Å². The molecule has 3 aromatic rings. The molecule has 3 heterocycles. The first-order chi connectivity index (χ1) is 14.2. The maximum Gasteiger partial charge on any atom is 0.225 e. The number of pyridine rings is 1. The number of halogens is 1. The lowest BCUT2D eigenvalue weighted by atomic mass is 10.0. The lowest BCUT2D eigenvalue weighted by molar-refractivity contribution is -0.133. The summed E-state index contributed by atoms with van der Waals surface area (Å²) in [6.07, 6.45) is 6.04. The number of fused-ring (bicyclic) bond motifs is 1. The predicted octanol–water partition coefficient (Wildman–Crippen LogP) is 3.72. The first-order valence-electron chi connectivity index (χ1n) is 9.79. The minimum absolute atomic E-state index is 0.174. The Bertz CT molecular complexity index is 1070. The van der Waals surface area contributed by atoms with Crippen LogP contribution >= 0.6 is 0 Å². The number of anilines is 2. The van der Waals surface area contributed by atoms with Crippen molar-refractivity contribution in [1.29, 1.82) is 0 Å². The zero-order chi connectivity index (χ0) is 19.8. The number of hydrogen-bond donors (Lipinski definition) is 1. The molecular formula is C22H20FN5O. The van der Waals surface area contributed by atoms with Crippen molar-refractivity contribution in [3.8, 4) is 11.4 Å². The quantitative estimate of drug-likeness (QED) is 0.736. The van der Waals surface area contributed by atoms with Crippen LogP contribution in [0.2, 0.25) is 0 Å². The minimum atomic E-state index is -0.321. The van der Waals surface area contributed by atoms with Gasteiger partial charge in [0.1, 0.15) is 11.6 Å². The van der Waals surface area contributed by atoms with Gasteiger partial charge in [0.25, 0.3) is 0 Å². The van der Waals surface area contributed by atoms with E-state index in [1.54, 1.807) is 24.5 Å². The zero-order valence-electron chi connectivity index (χ0n) is 15.8. The SMILES string of the molecule is O=C(C1CC1)N1CCc2nc(-c3ccncc3)nc(Nc3cccc(F)c3)c2C1. The van der Waals surface area contributed by atoms with Crippen LogP contribution in [0.5, 0.6) is 0 Å². The van der Waals surface area contributed by atoms with E-state index in [0.29, 0.717) is 36.8 Å². The third-order valence-electron chi connectivity index (χ3n) is 5.32. The average Bonchev–Trinajstić information content (AvgIpc) is 3.59. The highest BCUT2D eigenvalue weighted by atomic mass is 19.1. The predicted molar refractivity (Wildman–Crippen MR) is 107 cm³/mol. The number of carbonyl (C=O) groups is 1. The van der Waals surface area contributed by atoms with Crippen LogP contribution in [0, 0.1) is 11.7 Å². The van der Waals surface area contributed by atoms with Crippen molar-refractivity contribution in [1.82, 2.24) is 19.9 Å². The van der Waals surface area contributed by atoms with Crippen LogP contribution in [-0.2, 0) is 17.8 Å². The van der Waals surface area contributed by atoms with Gasteiger partial charge in [0.15, 0.2) is 5.82 Å². The first-order valence-corrected chi connectivity index (χ1v) is 9.79. The maximum atomic E-state index is 13.7. The normalized spacial score (nSPS) is 15.7. The summed E-state index contributed by atoms with van der Waals surface area (Å²) in [7, 11) is 0. The molecule has 0 unspecified atom stereocenters. The van der Waals surface area contributed by atoms with Crippen LogP contribution < -0.4 is 5.32 Å². The molecule has 0 spiro atoms. The Morgan fingerprint density at radius 3 is 2.72 bits per heavy atom. The second kappa shape index (κ2) is 7.24. The zero-order valence-corrected chi connectivity index (χ0v) is 15.8. The monoisotopic (exact) mass is 389 g/mol. The van der Waals surface area contributed by atoms with Crippen LogP contribution in [0.1, 0.15) is 24.1 Å². The molecule has 1 saturated carbocycles. The minimum Gasteiger partial charge on any atom is -0.340 e. The molecule has 6 nitrogen and oxygen atoms in total. The number of aromatic nitrogens is 3. The molecule has 1 amide bonds. The Morgan fingerprint density at radius 2 is 1.97 bits per heavy atom. The highest BCUT2D eigenvalue weighted by molar-refractivity contribution is 5.81. The van der Waals surface area contributed by atoms with Crippen LogP contribution in [0.4, 0.5) is 15.9 Å². The van der Waals surface area contributed by atoms with Gasteiger partial charge in [0, 0.05) is 48.1 Å². The van der Waals surface area contributed by atoms with E-state index in [2.05, 4.69) is 10.3 Å². The molecule has 2 aliphatic rings. The van der Waals surface area contributed by atoms with Crippen molar-refractivity contribution in [2.75, 3.05) is 11.9 Å². The molecule has 0 radical (unpaired) electrons. The van der Waals surface area contributed by atoms with Crippen molar-refractivity contribution in [2.45, 2.75) is 25.8 Å². The van der Waals surface area contributed by atoms with Crippen molar-refractivity contribution in [3.05, 3.63) is 65.9 Å². The summed E-state index contributed by atoms with van der Waals surface area (Å²) in [6.45, 7) is 1.13. The van der Waals surface area contributed by atoms with Crippen molar-refractivity contribution >= 4 is 17.4 Å². The van der Waals surface area contributed by atoms with Crippen LogP contribution in [-0.4, -0.2) is 32.3 Å². The lowest BCUT2D eigenvalue weighted by Crippen LogP contribution is -2.37. The van der Waals surface area contributed by atoms with Crippen LogP contribution in [0.25, 0.3) is 11.4 Å². The van der Waals surface area contributed by atoms with Gasteiger partial charge in [-0.15, -0.1) is 0 Å². The van der Waals surface area contributed by atoms with E-state index in [4.69, 9.17) is 9.97 Å². The Kier molecular flexibility index (Phi) is 4.42. The van der Waals surface area contributed by atoms with Gasteiger partial charge < -0.3 is 10.2 Å². The maximum absolute atomic E-state index is 13.7. The van der Waals surface area contributed by atoms with Gasteiger partial charge in [0.2, 0.25) is 5.91 Å². The Labute approximate surface area is 167 Å². The average molecular weight is 389 g/mol. The van der Waals surface area contributed by atoms with E-state index in [-0.39, 0.29) is 17.6 Å². The van der Waals surface area contributed by atoms with E-state index in [9.17, 15) is 9.18 Å². The number of nitrogens with zero attached hydrogens (tertiary/aromatic N) is 4. The summed E-state index contributed by atoms with van der Waals surface area (Å²) in [6, 6.07) is 9.99. The Hall–Kier alpha value is -3.35. The molecule has 0 bridgehead atoms. The summed E-state index contributed by atoms with van der Waals surface area (Å²) in [5.41, 5.74) is 3.29. The van der Waals surface area contributed by atoms with Gasteiger partial charge in [-0.3, -0.25) is 9.78 Å². The third-order valence-corrected chi connectivity index (χ3v) is 5.32. The number of amides is 1. The summed E-state index contributed by atoms with van der Waals surface area (Å²) < 4.78 is 13.7. The van der Waals surface area contributed by atoms with E-state index < -0.39 is 0 Å². The summed E-state index contributed by atoms with van der Waals surface area (Å²) in [5.74, 6) is 1.27. The molecule has 1 aliphatic heterocycles. The molecule has 146 valence electrons. The molecule has 1 N–H and O–H groups in total. The largest absolute Gasteiger partial charge is 0.340 e. The second-order valence-corrected chi connectivity index (χ2v) is 7.48. The molecule has 7 heteroatoms. The topological polar surface area (TPSA) is 71.0 Å². The highest BCUT2D eigenvalue weighted by Gasteiger charge is 2.35. The molecule has 1 aliphatic carbocycles. The number of carbonyl (C=O) groups excluding carboxylic acids is 1. The first kappa shape index (κ1) is 17.7. The van der Waals surface area contributed by atoms with Gasteiger partial charge in [-0.25, -0.2) is 14.4 Å². The van der Waals surface area contributed by atoms with Gasteiger partial charge in [-0.2, -0.15) is 0 Å². The van der Waals surface area contributed by atoms with Crippen LogP contribution in [0.15, 0.2) is 48.8 Å². The molecule has 29 heavy (non-hydrogen) atoms. The van der Waals surface area contributed by atoms with E-state index in [1.807, 2.05) is 17.0 Å². The molecule has 1 fully saturated rings. The van der Waals surface area contributed by atoms with E-state index in [1.165, 1.54) is 12.1 Å². The number of rotatable bonds is 4. The van der Waals surface area contributed by atoms with Crippen molar-refractivity contribution in [2.24, 2.45) is 5.92 Å². The summed E-state index contributed by atoms with van der Waals surface area (Å²) in [5, 5.41) is 3.24. The molecular weight excluding hydrogens is 369 g/mol. The summed E-state index contributed by atoms with van der Waals surface area (Å²) in [4.78, 5) is 28.0. The molecule has 5 rings (SSSR count). The lowest BCUT2D eigenvalue weighted by Gasteiger charge is -2.30. The van der Waals surface area contributed by atoms with E-state index in [0.717, 1.165) is 29.7 Å². The Balaban J connectivity index is 1.55. The van der Waals surface area contributed by atoms with Gasteiger partial charge in [-0.1, -0.05) is 6.07 Å². The van der Waals surface area contributed by atoms with Crippen molar-refractivity contribution < 1.29 is 9.18 Å². The molecule has 1 aromatic carbocycles.